The normalized spacial score (nSPS) is 19.2. The standard InChI is InChI=1S/C20H27ClN4O2/c1-19(2,3)27-18(26)25-11-20(12-25)9-14(10-20)22-7-6-17-23-15-5-4-13(21)8-16(15)24-17/h4-5,8,14,22H,6-7,9-12H2,1-3H3,(H,23,24). The van der Waals surface area contributed by atoms with Crippen LogP contribution in [-0.4, -0.2) is 52.2 Å². The van der Waals surface area contributed by atoms with Gasteiger partial charge < -0.3 is 19.9 Å². The monoisotopic (exact) mass is 390 g/mol. The Bertz CT molecular complexity index is 843. The highest BCUT2D eigenvalue weighted by molar-refractivity contribution is 6.31. The van der Waals surface area contributed by atoms with E-state index < -0.39 is 5.60 Å². The van der Waals surface area contributed by atoms with Crippen molar-refractivity contribution in [1.29, 1.82) is 0 Å². The third kappa shape index (κ3) is 4.06. The Labute approximate surface area is 164 Å². The van der Waals surface area contributed by atoms with Crippen molar-refractivity contribution in [1.82, 2.24) is 20.2 Å². The van der Waals surface area contributed by atoms with Crippen LogP contribution in [-0.2, 0) is 11.2 Å². The van der Waals surface area contributed by atoms with Gasteiger partial charge in [-0.15, -0.1) is 0 Å². The summed E-state index contributed by atoms with van der Waals surface area (Å²) in [5.74, 6) is 0.980. The lowest BCUT2D eigenvalue weighted by Gasteiger charge is -2.58. The minimum absolute atomic E-state index is 0.186. The van der Waals surface area contributed by atoms with Crippen molar-refractivity contribution in [2.24, 2.45) is 5.41 Å². The number of hydrogen-bond donors (Lipinski definition) is 2. The number of likely N-dealkylation sites (tertiary alicyclic amines) is 1. The number of H-pyrrole nitrogens is 1. The van der Waals surface area contributed by atoms with Crippen LogP contribution in [0.25, 0.3) is 11.0 Å². The Balaban J connectivity index is 1.18. The summed E-state index contributed by atoms with van der Waals surface area (Å²) in [7, 11) is 0. The van der Waals surface area contributed by atoms with Crippen molar-refractivity contribution in [2.75, 3.05) is 19.6 Å². The van der Waals surface area contributed by atoms with Crippen LogP contribution in [0.4, 0.5) is 4.79 Å². The Morgan fingerprint density at radius 1 is 1.41 bits per heavy atom. The number of aromatic nitrogens is 2. The molecule has 2 aliphatic rings. The van der Waals surface area contributed by atoms with Gasteiger partial charge in [-0.05, 0) is 51.8 Å². The van der Waals surface area contributed by atoms with Gasteiger partial charge in [-0.1, -0.05) is 11.6 Å². The minimum Gasteiger partial charge on any atom is -0.444 e. The van der Waals surface area contributed by atoms with Crippen molar-refractivity contribution in [3.63, 3.8) is 0 Å². The molecule has 1 spiro atoms. The molecule has 1 saturated heterocycles. The van der Waals surface area contributed by atoms with E-state index in [4.69, 9.17) is 16.3 Å². The number of amides is 1. The van der Waals surface area contributed by atoms with Crippen LogP contribution in [0.3, 0.4) is 0 Å². The fourth-order valence-electron chi connectivity index (χ4n) is 4.15. The first-order valence-electron chi connectivity index (χ1n) is 9.57. The van der Waals surface area contributed by atoms with Crippen LogP contribution in [0.15, 0.2) is 18.2 Å². The molecule has 1 amide bonds. The van der Waals surface area contributed by atoms with Crippen LogP contribution >= 0.6 is 11.6 Å². The summed E-state index contributed by atoms with van der Waals surface area (Å²) >= 11 is 6.01. The summed E-state index contributed by atoms with van der Waals surface area (Å²) in [5, 5.41) is 4.32. The molecule has 2 aromatic rings. The first kappa shape index (κ1) is 18.6. The van der Waals surface area contributed by atoms with Gasteiger partial charge in [0, 0.05) is 42.5 Å². The van der Waals surface area contributed by atoms with Gasteiger partial charge in [-0.2, -0.15) is 0 Å². The summed E-state index contributed by atoms with van der Waals surface area (Å²) in [4.78, 5) is 21.8. The van der Waals surface area contributed by atoms with E-state index in [0.717, 1.165) is 55.8 Å². The van der Waals surface area contributed by atoms with Crippen molar-refractivity contribution < 1.29 is 9.53 Å². The van der Waals surface area contributed by atoms with Gasteiger partial charge in [0.2, 0.25) is 0 Å². The molecule has 6 nitrogen and oxygen atoms in total. The van der Waals surface area contributed by atoms with Gasteiger partial charge in [0.05, 0.1) is 11.0 Å². The van der Waals surface area contributed by atoms with E-state index in [1.54, 1.807) is 0 Å². The second-order valence-electron chi connectivity index (χ2n) is 8.99. The molecule has 1 saturated carbocycles. The lowest BCUT2D eigenvalue weighted by Crippen LogP contribution is -2.67. The molecule has 0 atom stereocenters. The maximum Gasteiger partial charge on any atom is 0.410 e. The van der Waals surface area contributed by atoms with E-state index in [2.05, 4.69) is 15.3 Å². The molecular weight excluding hydrogens is 364 g/mol. The SMILES string of the molecule is CC(C)(C)OC(=O)N1CC2(CC(NCCc3nc4cc(Cl)ccc4[nH]3)C2)C1. The molecule has 146 valence electrons. The molecule has 0 radical (unpaired) electrons. The average molecular weight is 391 g/mol. The van der Waals surface area contributed by atoms with E-state index >= 15 is 0 Å². The minimum atomic E-state index is -0.425. The Hall–Kier alpha value is -1.79. The highest BCUT2D eigenvalue weighted by Crippen LogP contribution is 2.48. The molecular formula is C20H27ClN4O2. The number of halogens is 1. The zero-order valence-electron chi connectivity index (χ0n) is 16.1. The fraction of sp³-hybridized carbons (Fsp3) is 0.600. The molecule has 2 fully saturated rings. The molecule has 1 aromatic carbocycles. The lowest BCUT2D eigenvalue weighted by atomic mass is 9.61. The van der Waals surface area contributed by atoms with E-state index in [9.17, 15) is 4.79 Å². The summed E-state index contributed by atoms with van der Waals surface area (Å²) in [6.07, 6.45) is 2.93. The highest BCUT2D eigenvalue weighted by Gasteiger charge is 2.54. The van der Waals surface area contributed by atoms with E-state index in [-0.39, 0.29) is 6.09 Å². The number of rotatable bonds is 4. The lowest BCUT2D eigenvalue weighted by molar-refractivity contribution is -0.0826. The molecule has 0 unspecified atom stereocenters. The number of hydrogen-bond acceptors (Lipinski definition) is 4. The maximum atomic E-state index is 12.0. The van der Waals surface area contributed by atoms with E-state index in [1.807, 2.05) is 43.9 Å². The van der Waals surface area contributed by atoms with Crippen molar-refractivity contribution in [3.8, 4) is 0 Å². The smallest absolute Gasteiger partial charge is 0.410 e. The highest BCUT2D eigenvalue weighted by atomic mass is 35.5. The van der Waals surface area contributed by atoms with Gasteiger partial charge in [-0.3, -0.25) is 0 Å². The van der Waals surface area contributed by atoms with Gasteiger partial charge in [0.25, 0.3) is 0 Å². The van der Waals surface area contributed by atoms with Crippen LogP contribution in [0.2, 0.25) is 5.02 Å². The Morgan fingerprint density at radius 2 is 2.15 bits per heavy atom. The van der Waals surface area contributed by atoms with Crippen molar-refractivity contribution in [3.05, 3.63) is 29.0 Å². The Morgan fingerprint density at radius 3 is 2.85 bits per heavy atom. The summed E-state index contributed by atoms with van der Waals surface area (Å²) in [6.45, 7) is 8.25. The zero-order valence-corrected chi connectivity index (χ0v) is 16.9. The number of ether oxygens (including phenoxy) is 1. The molecule has 7 heteroatoms. The van der Waals surface area contributed by atoms with Crippen molar-refractivity contribution in [2.45, 2.75) is 51.7 Å². The number of imidazole rings is 1. The number of carbonyl (C=O) groups excluding carboxylic acids is 1. The van der Waals surface area contributed by atoms with Gasteiger partial charge >= 0.3 is 6.09 Å². The number of nitrogens with zero attached hydrogens (tertiary/aromatic N) is 2. The van der Waals surface area contributed by atoms with Crippen LogP contribution in [0.5, 0.6) is 0 Å². The average Bonchev–Trinajstić information content (AvgIpc) is 2.87. The first-order valence-corrected chi connectivity index (χ1v) is 9.95. The molecule has 0 bridgehead atoms. The van der Waals surface area contributed by atoms with Crippen molar-refractivity contribution >= 4 is 28.7 Å². The number of aromatic amines is 1. The molecule has 1 aliphatic carbocycles. The molecule has 2 N–H and O–H groups in total. The number of fused-ring (bicyclic) bond motifs is 1. The fourth-order valence-corrected chi connectivity index (χ4v) is 4.32. The second kappa shape index (κ2) is 6.67. The van der Waals surface area contributed by atoms with Crippen LogP contribution < -0.4 is 5.32 Å². The molecule has 4 rings (SSSR count). The number of carbonyl (C=O) groups is 1. The maximum absolute atomic E-state index is 12.0. The summed E-state index contributed by atoms with van der Waals surface area (Å²) in [5.41, 5.74) is 1.82. The summed E-state index contributed by atoms with van der Waals surface area (Å²) < 4.78 is 5.43. The van der Waals surface area contributed by atoms with Gasteiger partial charge in [-0.25, -0.2) is 9.78 Å². The predicted molar refractivity (Wildman–Crippen MR) is 106 cm³/mol. The molecule has 27 heavy (non-hydrogen) atoms. The predicted octanol–water partition coefficient (Wildman–Crippen LogP) is 3.75. The second-order valence-corrected chi connectivity index (χ2v) is 9.43. The van der Waals surface area contributed by atoms with E-state index in [1.165, 1.54) is 0 Å². The largest absolute Gasteiger partial charge is 0.444 e. The van der Waals surface area contributed by atoms with Crippen LogP contribution in [0.1, 0.15) is 39.4 Å². The first-order chi connectivity index (χ1) is 12.7. The van der Waals surface area contributed by atoms with Gasteiger partial charge in [0.1, 0.15) is 11.4 Å². The number of nitrogens with one attached hydrogen (secondary N) is 2. The summed E-state index contributed by atoms with van der Waals surface area (Å²) in [6, 6.07) is 6.25. The molecule has 1 aromatic heterocycles. The van der Waals surface area contributed by atoms with Crippen LogP contribution in [0, 0.1) is 5.41 Å². The third-order valence-electron chi connectivity index (χ3n) is 5.35. The molecule has 1 aliphatic heterocycles. The Kier molecular flexibility index (Phi) is 4.59. The quantitative estimate of drug-likeness (QED) is 0.834. The number of benzene rings is 1. The van der Waals surface area contributed by atoms with Gasteiger partial charge in [0.15, 0.2) is 0 Å². The third-order valence-corrected chi connectivity index (χ3v) is 5.59. The topological polar surface area (TPSA) is 70.2 Å². The zero-order chi connectivity index (χ0) is 19.2. The van der Waals surface area contributed by atoms with E-state index in [0.29, 0.717) is 16.5 Å². The molecule has 2 heterocycles.